The molecule has 1 radical (unpaired) electrons. The van der Waals surface area contributed by atoms with E-state index < -0.39 is 0 Å². The molecule has 5 heteroatoms. The van der Waals surface area contributed by atoms with Crippen molar-refractivity contribution in [2.24, 2.45) is 0 Å². The number of H-pyrrole nitrogens is 2. The van der Waals surface area contributed by atoms with Crippen molar-refractivity contribution in [3.8, 4) is 0 Å². The molecule has 0 atom stereocenters. The molecule has 193 valence electrons. The Labute approximate surface area is 233 Å². The Morgan fingerprint density at radius 3 is 1.41 bits per heavy atom. The number of aryl methyl sites for hydroxylation is 4. The third kappa shape index (κ3) is 4.46. The molecular formula is C32H38N4Rh+2. The summed E-state index contributed by atoms with van der Waals surface area (Å²) in [6, 6.07) is 8.98. The number of aromatic amines is 2. The van der Waals surface area contributed by atoms with Crippen LogP contribution in [-0.4, -0.2) is 19.9 Å². The van der Waals surface area contributed by atoms with E-state index in [0.29, 0.717) is 0 Å². The van der Waals surface area contributed by atoms with Gasteiger partial charge >= 0.3 is 19.5 Å². The van der Waals surface area contributed by atoms with E-state index in [2.05, 4.69) is 89.6 Å². The number of nitrogens with zero attached hydrogens (tertiary/aromatic N) is 2. The van der Waals surface area contributed by atoms with Crippen LogP contribution in [0, 0.1) is 13.8 Å². The smallest absolute Gasteiger partial charge is 0.355 e. The SMILES string of the molecule is CCC1=C(C)c2cc3[nH]c(cc4[nH]c(cc5nc(cc1n2)C(C)=C5CC)c(C)c4CC)c(C)c3CC.[Rh+2]. The van der Waals surface area contributed by atoms with Gasteiger partial charge in [0.15, 0.2) is 0 Å². The minimum Gasteiger partial charge on any atom is -0.355 e. The van der Waals surface area contributed by atoms with E-state index in [0.717, 1.165) is 59.5 Å². The summed E-state index contributed by atoms with van der Waals surface area (Å²) < 4.78 is 0. The molecule has 0 saturated carbocycles. The number of hydrogen-bond acceptors (Lipinski definition) is 2. The summed E-state index contributed by atoms with van der Waals surface area (Å²) in [6.45, 7) is 17.8. The van der Waals surface area contributed by atoms with Gasteiger partial charge in [0.1, 0.15) is 0 Å². The van der Waals surface area contributed by atoms with Crippen molar-refractivity contribution < 1.29 is 19.5 Å². The fourth-order valence-electron chi connectivity index (χ4n) is 6.02. The first kappa shape index (κ1) is 27.3. The topological polar surface area (TPSA) is 57.4 Å². The first-order valence-corrected chi connectivity index (χ1v) is 13.4. The van der Waals surface area contributed by atoms with Crippen LogP contribution in [0.2, 0.25) is 0 Å². The molecule has 0 fully saturated rings. The summed E-state index contributed by atoms with van der Waals surface area (Å²) in [7, 11) is 0. The average Bonchev–Trinajstić information content (AvgIpc) is 3.51. The molecule has 0 unspecified atom stereocenters. The van der Waals surface area contributed by atoms with Crippen LogP contribution in [0.3, 0.4) is 0 Å². The molecule has 0 aromatic carbocycles. The van der Waals surface area contributed by atoms with Gasteiger partial charge in [-0.05, 0) is 122 Å². The zero-order valence-electron chi connectivity index (χ0n) is 23.4. The fourth-order valence-corrected chi connectivity index (χ4v) is 6.02. The summed E-state index contributed by atoms with van der Waals surface area (Å²) in [6.07, 6.45) is 3.86. The molecule has 2 aliphatic heterocycles. The van der Waals surface area contributed by atoms with E-state index in [1.54, 1.807) is 0 Å². The maximum Gasteiger partial charge on any atom is 2.00 e. The Bertz CT molecular complexity index is 1610. The summed E-state index contributed by atoms with van der Waals surface area (Å²) in [5, 5.41) is 0. The van der Waals surface area contributed by atoms with Crippen LogP contribution in [0.25, 0.3) is 44.4 Å². The van der Waals surface area contributed by atoms with Crippen molar-refractivity contribution in [1.29, 1.82) is 0 Å². The first-order valence-electron chi connectivity index (χ1n) is 13.4. The molecule has 5 heterocycles. The standard InChI is InChI=1S/C32H38N4.Rh/c1-9-21-17(5)25-14-30-23(11-3)19(7)27(35-30)16-32-24(12-4)20(8)28(36-32)15-31-22(10-2)18(6)26(34-31)13-29(21)33-25;/h13-16,33-34H,9-12H2,1-8H3;/q;+2. The van der Waals surface area contributed by atoms with Crippen LogP contribution >= 0.6 is 0 Å². The molecule has 5 rings (SSSR count). The minimum absolute atomic E-state index is 0. The van der Waals surface area contributed by atoms with Crippen LogP contribution in [0.1, 0.15) is 99.4 Å². The summed E-state index contributed by atoms with van der Waals surface area (Å²) in [5.41, 5.74) is 19.3. The molecule has 4 nitrogen and oxygen atoms in total. The minimum atomic E-state index is 0. The largest absolute Gasteiger partial charge is 2.00 e. The second-order valence-electron chi connectivity index (χ2n) is 10.1. The fraction of sp³-hybridized carbons (Fsp3) is 0.375. The number of hydrogen-bond donors (Lipinski definition) is 2. The van der Waals surface area contributed by atoms with E-state index >= 15 is 0 Å². The summed E-state index contributed by atoms with van der Waals surface area (Å²) >= 11 is 0. The normalized spacial score (nSPS) is 13.4. The van der Waals surface area contributed by atoms with Gasteiger partial charge in [0.05, 0.1) is 22.8 Å². The van der Waals surface area contributed by atoms with E-state index in [4.69, 9.17) is 9.97 Å². The summed E-state index contributed by atoms with van der Waals surface area (Å²) in [5.74, 6) is 0. The quantitative estimate of drug-likeness (QED) is 0.303. The van der Waals surface area contributed by atoms with Gasteiger partial charge in [-0.25, -0.2) is 9.97 Å². The molecule has 37 heavy (non-hydrogen) atoms. The van der Waals surface area contributed by atoms with Crippen molar-refractivity contribution in [1.82, 2.24) is 19.9 Å². The van der Waals surface area contributed by atoms with Crippen LogP contribution < -0.4 is 0 Å². The molecule has 2 N–H and O–H groups in total. The average molecular weight is 582 g/mol. The van der Waals surface area contributed by atoms with Gasteiger partial charge in [-0.15, -0.1) is 0 Å². The molecule has 0 spiro atoms. The molecule has 3 aromatic heterocycles. The number of aromatic nitrogens is 4. The zero-order chi connectivity index (χ0) is 25.7. The second-order valence-corrected chi connectivity index (χ2v) is 10.1. The van der Waals surface area contributed by atoms with Gasteiger partial charge in [0.25, 0.3) is 0 Å². The van der Waals surface area contributed by atoms with Gasteiger partial charge in [-0.3, -0.25) is 0 Å². The Kier molecular flexibility index (Phi) is 7.76. The van der Waals surface area contributed by atoms with Gasteiger partial charge in [0, 0.05) is 22.1 Å². The number of nitrogens with one attached hydrogen (secondary N) is 2. The van der Waals surface area contributed by atoms with E-state index in [-0.39, 0.29) is 19.5 Å². The Balaban J connectivity index is 0.00000320. The van der Waals surface area contributed by atoms with Crippen molar-refractivity contribution in [3.05, 3.63) is 69.3 Å². The predicted octanol–water partition coefficient (Wildman–Crippen LogP) is 8.74. The number of rotatable bonds is 4. The van der Waals surface area contributed by atoms with Crippen molar-refractivity contribution in [2.75, 3.05) is 0 Å². The van der Waals surface area contributed by atoms with Crippen molar-refractivity contribution >= 4 is 44.4 Å². The Hall–Kier alpha value is -2.78. The molecule has 0 amide bonds. The maximum atomic E-state index is 5.13. The first-order chi connectivity index (χ1) is 17.3. The van der Waals surface area contributed by atoms with Crippen LogP contribution in [0.4, 0.5) is 0 Å². The van der Waals surface area contributed by atoms with Crippen LogP contribution in [0.15, 0.2) is 24.3 Å². The predicted molar refractivity (Wildman–Crippen MR) is 155 cm³/mol. The third-order valence-electron chi connectivity index (χ3n) is 8.21. The van der Waals surface area contributed by atoms with E-state index in [9.17, 15) is 0 Å². The molecule has 0 saturated heterocycles. The molecule has 3 aromatic rings. The molecule has 0 aliphatic carbocycles. The molecular weight excluding hydrogens is 543 g/mol. The van der Waals surface area contributed by atoms with E-state index in [1.807, 2.05) is 0 Å². The van der Waals surface area contributed by atoms with Crippen LogP contribution in [0.5, 0.6) is 0 Å². The Morgan fingerprint density at radius 1 is 0.514 bits per heavy atom. The summed E-state index contributed by atoms with van der Waals surface area (Å²) in [4.78, 5) is 17.7. The van der Waals surface area contributed by atoms with Crippen molar-refractivity contribution in [3.63, 3.8) is 0 Å². The van der Waals surface area contributed by atoms with E-state index in [1.165, 1.54) is 55.6 Å². The second kappa shape index (κ2) is 10.5. The zero-order valence-corrected chi connectivity index (χ0v) is 25.0. The number of allylic oxidation sites excluding steroid dienone is 4. The van der Waals surface area contributed by atoms with Gasteiger partial charge in [-0.1, -0.05) is 27.7 Å². The molecule has 2 aliphatic rings. The third-order valence-corrected chi connectivity index (χ3v) is 8.21. The van der Waals surface area contributed by atoms with Gasteiger partial charge < -0.3 is 9.97 Å². The van der Waals surface area contributed by atoms with Gasteiger partial charge in [0.2, 0.25) is 0 Å². The van der Waals surface area contributed by atoms with Gasteiger partial charge in [-0.2, -0.15) is 0 Å². The van der Waals surface area contributed by atoms with Crippen molar-refractivity contribution in [2.45, 2.75) is 81.1 Å². The maximum absolute atomic E-state index is 5.13. The monoisotopic (exact) mass is 581 g/mol. The van der Waals surface area contributed by atoms with Crippen LogP contribution in [-0.2, 0) is 32.3 Å². The number of fused-ring (bicyclic) bond motifs is 8. The molecule has 8 bridgehead atoms. The Morgan fingerprint density at radius 2 is 0.919 bits per heavy atom.